The largest absolute Gasteiger partial charge is 0.355 e. The Hall–Kier alpha value is -2.68. The molecule has 21 heavy (non-hydrogen) atoms. The van der Waals surface area contributed by atoms with Gasteiger partial charge in [-0.2, -0.15) is 0 Å². The minimum Gasteiger partial charge on any atom is -0.355 e. The maximum Gasteiger partial charge on any atom is 0.150 e. The Morgan fingerprint density at radius 1 is 1.24 bits per heavy atom. The van der Waals surface area contributed by atoms with Gasteiger partial charge in [0, 0.05) is 22.5 Å². The minimum absolute atomic E-state index is 0.301. The number of benzene rings is 2. The second-order valence-electron chi connectivity index (χ2n) is 4.64. The van der Waals surface area contributed by atoms with Crippen LogP contribution in [0.3, 0.4) is 0 Å². The highest BCUT2D eigenvalue weighted by Gasteiger charge is 2.06. The number of carbonyl (C=O) groups is 1. The lowest BCUT2D eigenvalue weighted by molar-refractivity contribution is 0.112. The topological polar surface area (TPSA) is 29.1 Å². The van der Waals surface area contributed by atoms with Crippen LogP contribution in [0.1, 0.15) is 22.8 Å². The maximum atomic E-state index is 13.3. The van der Waals surface area contributed by atoms with Crippen molar-refractivity contribution >= 4 is 23.2 Å². The monoisotopic (exact) mass is 281 g/mol. The number of rotatable bonds is 5. The predicted molar refractivity (Wildman–Crippen MR) is 85.4 cm³/mol. The number of nitrogens with one attached hydrogen (secondary N) is 1. The first-order chi connectivity index (χ1) is 10.1. The zero-order chi connectivity index (χ0) is 15.2. The summed E-state index contributed by atoms with van der Waals surface area (Å²) >= 11 is 0. The molecule has 0 heterocycles. The standard InChI is InChI=1S/C18H16FNO/c1-3-5-13(2)17-10-14(12-21)8-9-18(17)20-16-7-4-6-15(19)11-16/h3-12,20H,1H2,2H3. The molecule has 0 bridgehead atoms. The average Bonchev–Trinajstić information content (AvgIpc) is 2.48. The molecule has 0 saturated heterocycles. The van der Waals surface area contributed by atoms with Crippen LogP contribution in [0.4, 0.5) is 15.8 Å². The van der Waals surface area contributed by atoms with E-state index in [9.17, 15) is 9.18 Å². The lowest BCUT2D eigenvalue weighted by Crippen LogP contribution is -1.97. The Bertz CT molecular complexity index is 704. The molecule has 0 aliphatic heterocycles. The van der Waals surface area contributed by atoms with Crippen LogP contribution in [0.5, 0.6) is 0 Å². The molecule has 0 unspecified atom stereocenters. The van der Waals surface area contributed by atoms with Crippen molar-refractivity contribution in [3.05, 3.63) is 78.1 Å². The number of aldehydes is 1. The number of hydrogen-bond donors (Lipinski definition) is 1. The summed E-state index contributed by atoms with van der Waals surface area (Å²) < 4.78 is 13.3. The van der Waals surface area contributed by atoms with Crippen molar-refractivity contribution < 1.29 is 9.18 Å². The minimum atomic E-state index is -0.301. The second kappa shape index (κ2) is 6.66. The fourth-order valence-electron chi connectivity index (χ4n) is 2.06. The van der Waals surface area contributed by atoms with Crippen LogP contribution < -0.4 is 5.32 Å². The Kier molecular flexibility index (Phi) is 4.67. The third-order valence-electron chi connectivity index (χ3n) is 3.08. The lowest BCUT2D eigenvalue weighted by atomic mass is 10.0. The van der Waals surface area contributed by atoms with Crippen LogP contribution in [0.15, 0.2) is 61.2 Å². The first-order valence-corrected chi connectivity index (χ1v) is 6.55. The van der Waals surface area contributed by atoms with Gasteiger partial charge in [0.2, 0.25) is 0 Å². The van der Waals surface area contributed by atoms with E-state index < -0.39 is 0 Å². The number of hydrogen-bond acceptors (Lipinski definition) is 2. The molecule has 0 aromatic heterocycles. The molecule has 2 aromatic rings. The van der Waals surface area contributed by atoms with E-state index in [-0.39, 0.29) is 5.82 Å². The van der Waals surface area contributed by atoms with Crippen LogP contribution in [0.2, 0.25) is 0 Å². The number of halogens is 1. The Morgan fingerprint density at radius 3 is 2.71 bits per heavy atom. The Balaban J connectivity index is 2.45. The summed E-state index contributed by atoms with van der Waals surface area (Å²) in [6.45, 7) is 5.61. The van der Waals surface area contributed by atoms with Gasteiger partial charge in [0.05, 0.1) is 0 Å². The fraction of sp³-hybridized carbons (Fsp3) is 0.0556. The lowest BCUT2D eigenvalue weighted by Gasteiger charge is -2.13. The van der Waals surface area contributed by atoms with Crippen LogP contribution in [-0.4, -0.2) is 6.29 Å². The molecule has 0 atom stereocenters. The van der Waals surface area contributed by atoms with Crippen molar-refractivity contribution in [3.63, 3.8) is 0 Å². The van der Waals surface area contributed by atoms with Gasteiger partial charge in [0.1, 0.15) is 12.1 Å². The zero-order valence-corrected chi connectivity index (χ0v) is 11.8. The van der Waals surface area contributed by atoms with E-state index in [1.807, 2.05) is 19.1 Å². The van der Waals surface area contributed by atoms with E-state index in [1.165, 1.54) is 12.1 Å². The highest BCUT2D eigenvalue weighted by molar-refractivity contribution is 5.84. The normalized spacial score (nSPS) is 11.0. The van der Waals surface area contributed by atoms with Gasteiger partial charge in [-0.05, 0) is 48.9 Å². The van der Waals surface area contributed by atoms with Crippen molar-refractivity contribution in [1.82, 2.24) is 0 Å². The van der Waals surface area contributed by atoms with Gasteiger partial charge < -0.3 is 5.32 Å². The summed E-state index contributed by atoms with van der Waals surface area (Å²) in [5, 5.41) is 3.17. The SMILES string of the molecule is C=CC=C(C)c1cc(C=O)ccc1Nc1cccc(F)c1. The van der Waals surface area contributed by atoms with Crippen molar-refractivity contribution in [1.29, 1.82) is 0 Å². The summed E-state index contributed by atoms with van der Waals surface area (Å²) in [6.07, 6.45) is 4.35. The summed E-state index contributed by atoms with van der Waals surface area (Å²) in [7, 11) is 0. The third-order valence-corrected chi connectivity index (χ3v) is 3.08. The van der Waals surface area contributed by atoms with Gasteiger partial charge in [-0.3, -0.25) is 4.79 Å². The zero-order valence-electron chi connectivity index (χ0n) is 11.8. The Labute approximate surface area is 123 Å². The molecule has 0 saturated carbocycles. The van der Waals surface area contributed by atoms with E-state index in [0.29, 0.717) is 11.3 Å². The van der Waals surface area contributed by atoms with Crippen LogP contribution >= 0.6 is 0 Å². The van der Waals surface area contributed by atoms with Crippen molar-refractivity contribution in [2.75, 3.05) is 5.32 Å². The van der Waals surface area contributed by atoms with Crippen molar-refractivity contribution in [3.8, 4) is 0 Å². The first-order valence-electron chi connectivity index (χ1n) is 6.55. The van der Waals surface area contributed by atoms with Gasteiger partial charge in [0.25, 0.3) is 0 Å². The van der Waals surface area contributed by atoms with Gasteiger partial charge in [-0.25, -0.2) is 4.39 Å². The van der Waals surface area contributed by atoms with Gasteiger partial charge >= 0.3 is 0 Å². The van der Waals surface area contributed by atoms with E-state index in [1.54, 1.807) is 30.3 Å². The molecule has 0 spiro atoms. The van der Waals surface area contributed by atoms with E-state index in [4.69, 9.17) is 0 Å². The molecule has 2 nitrogen and oxygen atoms in total. The van der Waals surface area contributed by atoms with Gasteiger partial charge in [-0.15, -0.1) is 0 Å². The molecule has 0 aliphatic carbocycles. The number of allylic oxidation sites excluding steroid dienone is 3. The number of carbonyl (C=O) groups excluding carboxylic acids is 1. The molecule has 2 rings (SSSR count). The molecule has 2 aromatic carbocycles. The fourth-order valence-corrected chi connectivity index (χ4v) is 2.06. The van der Waals surface area contributed by atoms with E-state index in [2.05, 4.69) is 11.9 Å². The highest BCUT2D eigenvalue weighted by Crippen LogP contribution is 2.28. The quantitative estimate of drug-likeness (QED) is 0.619. The molecule has 0 aliphatic rings. The molecule has 0 fully saturated rings. The molecular weight excluding hydrogens is 265 g/mol. The maximum absolute atomic E-state index is 13.3. The molecule has 0 amide bonds. The van der Waals surface area contributed by atoms with Crippen molar-refractivity contribution in [2.24, 2.45) is 0 Å². The van der Waals surface area contributed by atoms with Gasteiger partial charge in [0.15, 0.2) is 0 Å². The van der Waals surface area contributed by atoms with E-state index >= 15 is 0 Å². The van der Waals surface area contributed by atoms with Crippen molar-refractivity contribution in [2.45, 2.75) is 6.92 Å². The van der Waals surface area contributed by atoms with Crippen LogP contribution in [0, 0.1) is 5.82 Å². The average molecular weight is 281 g/mol. The highest BCUT2D eigenvalue weighted by atomic mass is 19.1. The summed E-state index contributed by atoms with van der Waals surface area (Å²) in [5.74, 6) is -0.301. The summed E-state index contributed by atoms with van der Waals surface area (Å²) in [5.41, 5.74) is 3.89. The van der Waals surface area contributed by atoms with E-state index in [0.717, 1.165) is 23.1 Å². The van der Waals surface area contributed by atoms with Crippen LogP contribution in [-0.2, 0) is 0 Å². The molecule has 106 valence electrons. The molecule has 3 heteroatoms. The molecular formula is C18H16FNO. The summed E-state index contributed by atoms with van der Waals surface area (Å²) in [4.78, 5) is 10.9. The number of anilines is 2. The smallest absolute Gasteiger partial charge is 0.150 e. The molecule has 1 N–H and O–H groups in total. The first kappa shape index (κ1) is 14.7. The third kappa shape index (κ3) is 3.66. The molecule has 0 radical (unpaired) electrons. The summed E-state index contributed by atoms with van der Waals surface area (Å²) in [6, 6.07) is 11.6. The Morgan fingerprint density at radius 2 is 2.05 bits per heavy atom. The van der Waals surface area contributed by atoms with Crippen LogP contribution in [0.25, 0.3) is 5.57 Å². The van der Waals surface area contributed by atoms with Gasteiger partial charge in [-0.1, -0.05) is 24.8 Å². The second-order valence-corrected chi connectivity index (χ2v) is 4.64. The predicted octanol–water partition coefficient (Wildman–Crippen LogP) is 4.97.